The van der Waals surface area contributed by atoms with Crippen molar-refractivity contribution in [3.05, 3.63) is 70.7 Å². The first-order valence-corrected chi connectivity index (χ1v) is 11.7. The Morgan fingerprint density at radius 1 is 1.14 bits per heavy atom. The number of rotatable bonds is 4. The summed E-state index contributed by atoms with van der Waals surface area (Å²) in [6.45, 7) is 9.50. The third kappa shape index (κ3) is 3.92. The van der Waals surface area contributed by atoms with E-state index in [9.17, 15) is 9.90 Å². The van der Waals surface area contributed by atoms with Gasteiger partial charge in [-0.05, 0) is 81.0 Å². The highest BCUT2D eigenvalue weighted by atomic mass is 19.1. The molecule has 35 heavy (non-hydrogen) atoms. The van der Waals surface area contributed by atoms with Crippen LogP contribution in [0.3, 0.4) is 0 Å². The lowest BCUT2D eigenvalue weighted by atomic mass is 9.85. The second-order valence-corrected chi connectivity index (χ2v) is 10.1. The lowest BCUT2D eigenvalue weighted by molar-refractivity contribution is -0.160. The number of benzene rings is 3. The van der Waals surface area contributed by atoms with Crippen molar-refractivity contribution < 1.29 is 23.8 Å². The fraction of sp³-hybridized carbons (Fsp3) is 0.310. The maximum Gasteiger partial charge on any atom is 0.337 e. The van der Waals surface area contributed by atoms with Crippen molar-refractivity contribution in [1.82, 2.24) is 4.98 Å². The number of ether oxygens (including phenoxy) is 2. The zero-order valence-electron chi connectivity index (χ0n) is 20.5. The van der Waals surface area contributed by atoms with E-state index in [2.05, 4.69) is 0 Å². The molecule has 1 atom stereocenters. The van der Waals surface area contributed by atoms with Crippen LogP contribution in [0.15, 0.2) is 42.6 Å². The van der Waals surface area contributed by atoms with Crippen molar-refractivity contribution in [2.24, 2.45) is 0 Å². The number of carboxylic acids is 1. The maximum atomic E-state index is 15.8. The Morgan fingerprint density at radius 3 is 2.63 bits per heavy atom. The highest BCUT2D eigenvalue weighted by Gasteiger charge is 2.34. The number of carbonyl (C=O) groups is 1. The Labute approximate surface area is 203 Å². The number of aliphatic carboxylic acids is 1. The van der Waals surface area contributed by atoms with Crippen molar-refractivity contribution in [3.8, 4) is 16.9 Å². The van der Waals surface area contributed by atoms with Gasteiger partial charge in [-0.2, -0.15) is 0 Å². The van der Waals surface area contributed by atoms with Crippen LogP contribution in [0.2, 0.25) is 0 Å². The van der Waals surface area contributed by atoms with Gasteiger partial charge in [0.1, 0.15) is 11.6 Å². The van der Waals surface area contributed by atoms with Crippen LogP contribution < -0.4 is 4.74 Å². The van der Waals surface area contributed by atoms with Gasteiger partial charge < -0.3 is 14.6 Å². The van der Waals surface area contributed by atoms with Crippen LogP contribution in [0.5, 0.6) is 5.75 Å². The van der Waals surface area contributed by atoms with E-state index in [-0.39, 0.29) is 5.56 Å². The van der Waals surface area contributed by atoms with Crippen LogP contribution in [0.1, 0.15) is 49.1 Å². The maximum absolute atomic E-state index is 15.8. The molecule has 3 aromatic carbocycles. The second kappa shape index (κ2) is 8.31. The third-order valence-corrected chi connectivity index (χ3v) is 6.48. The van der Waals surface area contributed by atoms with Crippen LogP contribution in [-0.4, -0.2) is 28.3 Å². The van der Waals surface area contributed by atoms with Crippen LogP contribution in [-0.2, 0) is 16.0 Å². The summed E-state index contributed by atoms with van der Waals surface area (Å²) in [5, 5.41) is 12.2. The van der Waals surface area contributed by atoms with Gasteiger partial charge in [-0.1, -0.05) is 17.7 Å². The molecule has 0 radical (unpaired) electrons. The summed E-state index contributed by atoms with van der Waals surface area (Å²) in [7, 11) is 0. The van der Waals surface area contributed by atoms with Crippen molar-refractivity contribution in [3.63, 3.8) is 0 Å². The monoisotopic (exact) mass is 473 g/mol. The summed E-state index contributed by atoms with van der Waals surface area (Å²) >= 11 is 0. The average Bonchev–Trinajstić information content (AvgIpc) is 2.80. The Bertz CT molecular complexity index is 1490. The molecule has 6 heteroatoms. The average molecular weight is 474 g/mol. The molecule has 0 fully saturated rings. The number of nitrogens with zero attached hydrogens (tertiary/aromatic N) is 1. The number of pyridine rings is 1. The van der Waals surface area contributed by atoms with E-state index in [1.54, 1.807) is 40.0 Å². The molecule has 0 amide bonds. The van der Waals surface area contributed by atoms with Gasteiger partial charge in [-0.15, -0.1) is 0 Å². The predicted molar refractivity (Wildman–Crippen MR) is 135 cm³/mol. The lowest BCUT2D eigenvalue weighted by Gasteiger charge is -2.29. The van der Waals surface area contributed by atoms with Gasteiger partial charge in [0.15, 0.2) is 6.10 Å². The molecule has 1 unspecified atom stereocenters. The molecular weight excluding hydrogens is 445 g/mol. The smallest absolute Gasteiger partial charge is 0.337 e. The minimum atomic E-state index is -1.37. The molecule has 0 aliphatic carbocycles. The number of hydrogen-bond acceptors (Lipinski definition) is 4. The van der Waals surface area contributed by atoms with E-state index in [1.807, 2.05) is 37.3 Å². The molecule has 0 spiro atoms. The highest BCUT2D eigenvalue weighted by Crippen LogP contribution is 2.46. The lowest BCUT2D eigenvalue weighted by Crippen LogP contribution is -2.28. The molecule has 1 N–H and O–H groups in total. The van der Waals surface area contributed by atoms with E-state index in [1.165, 1.54) is 0 Å². The minimum Gasteiger partial charge on any atom is -0.493 e. The normalized spacial score (nSPS) is 14.2. The largest absolute Gasteiger partial charge is 0.493 e. The standard InChI is InChI=1S/C29H28FNO4/c1-15-6-7-18-20(14-15)25(30)16(2)22(27(28(32)33)35-29(3,4)5)24(18)19-8-9-21-23-17(11-13-34-21)10-12-31-26(19)23/h6-10,12,14,27H,11,13H2,1-5H3,(H,32,33). The molecule has 0 saturated carbocycles. The first kappa shape index (κ1) is 23.2. The molecule has 180 valence electrons. The predicted octanol–water partition coefficient (Wildman–Crippen LogP) is 6.69. The van der Waals surface area contributed by atoms with Crippen LogP contribution in [0, 0.1) is 19.7 Å². The number of aromatic nitrogens is 1. The van der Waals surface area contributed by atoms with Gasteiger partial charge in [0.05, 0.1) is 17.7 Å². The third-order valence-electron chi connectivity index (χ3n) is 6.48. The Balaban J connectivity index is 1.95. The highest BCUT2D eigenvalue weighted by molar-refractivity contribution is 6.09. The van der Waals surface area contributed by atoms with Crippen molar-refractivity contribution in [2.75, 3.05) is 6.61 Å². The molecule has 5 rings (SSSR count). The second-order valence-electron chi connectivity index (χ2n) is 10.1. The first-order chi connectivity index (χ1) is 16.6. The number of aryl methyl sites for hydroxylation is 1. The van der Waals surface area contributed by atoms with Gasteiger partial charge in [0.2, 0.25) is 0 Å². The van der Waals surface area contributed by atoms with Crippen LogP contribution in [0.4, 0.5) is 4.39 Å². The number of fused-ring (bicyclic) bond motifs is 1. The first-order valence-electron chi connectivity index (χ1n) is 11.7. The van der Waals surface area contributed by atoms with Gasteiger partial charge >= 0.3 is 5.97 Å². The van der Waals surface area contributed by atoms with E-state index < -0.39 is 23.5 Å². The van der Waals surface area contributed by atoms with Crippen molar-refractivity contribution in [2.45, 2.75) is 52.7 Å². The topological polar surface area (TPSA) is 68.7 Å². The van der Waals surface area contributed by atoms with E-state index in [0.29, 0.717) is 34.0 Å². The molecule has 1 aliphatic heterocycles. The molecule has 1 aliphatic rings. The zero-order chi connectivity index (χ0) is 25.1. The summed E-state index contributed by atoms with van der Waals surface area (Å²) in [5.41, 5.74) is 3.89. The van der Waals surface area contributed by atoms with E-state index in [0.717, 1.165) is 34.2 Å². The number of hydrogen-bond donors (Lipinski definition) is 1. The molecule has 0 saturated heterocycles. The molecular formula is C29H28FNO4. The minimum absolute atomic E-state index is 0.256. The van der Waals surface area contributed by atoms with Gasteiger partial charge in [-0.3, -0.25) is 4.98 Å². The summed E-state index contributed by atoms with van der Waals surface area (Å²) in [6.07, 6.45) is 1.15. The number of halogens is 1. The summed E-state index contributed by atoms with van der Waals surface area (Å²) in [4.78, 5) is 17.3. The van der Waals surface area contributed by atoms with Gasteiger partial charge in [-0.25, -0.2) is 9.18 Å². The molecule has 2 heterocycles. The Hall–Kier alpha value is -3.51. The summed E-state index contributed by atoms with van der Waals surface area (Å²) in [5.74, 6) is -0.862. The fourth-order valence-corrected chi connectivity index (χ4v) is 5.02. The zero-order valence-corrected chi connectivity index (χ0v) is 20.5. The molecule has 1 aromatic heterocycles. The Kier molecular flexibility index (Phi) is 5.52. The van der Waals surface area contributed by atoms with E-state index >= 15 is 4.39 Å². The van der Waals surface area contributed by atoms with Crippen LogP contribution in [0.25, 0.3) is 32.8 Å². The molecule has 0 bridgehead atoms. The van der Waals surface area contributed by atoms with Crippen molar-refractivity contribution in [1.29, 1.82) is 0 Å². The molecule has 4 aromatic rings. The van der Waals surface area contributed by atoms with E-state index in [4.69, 9.17) is 14.5 Å². The quantitative estimate of drug-likeness (QED) is 0.358. The Morgan fingerprint density at radius 2 is 1.91 bits per heavy atom. The summed E-state index contributed by atoms with van der Waals surface area (Å²) < 4.78 is 27.7. The van der Waals surface area contributed by atoms with Gasteiger partial charge in [0, 0.05) is 34.5 Å². The molecule has 5 nitrogen and oxygen atoms in total. The number of carboxylic acid groups (broad SMARTS) is 1. The van der Waals surface area contributed by atoms with Gasteiger partial charge in [0.25, 0.3) is 0 Å². The van der Waals surface area contributed by atoms with Crippen LogP contribution >= 0.6 is 0 Å². The summed E-state index contributed by atoms with van der Waals surface area (Å²) in [6, 6.07) is 11.3. The fourth-order valence-electron chi connectivity index (χ4n) is 5.02. The van der Waals surface area contributed by atoms with Crippen molar-refractivity contribution >= 4 is 27.6 Å². The SMILES string of the molecule is Cc1ccc2c(-c3ccc4c5c(ccnc35)CCO4)c(C(OC(C)(C)C)C(=O)O)c(C)c(F)c2c1.